The van der Waals surface area contributed by atoms with Crippen molar-refractivity contribution in [3.8, 4) is 0 Å². The fourth-order valence-corrected chi connectivity index (χ4v) is 6.42. The second-order valence-corrected chi connectivity index (χ2v) is 10.9. The van der Waals surface area contributed by atoms with Gasteiger partial charge in [0.15, 0.2) is 11.6 Å². The first kappa shape index (κ1) is 25.8. The smallest absolute Gasteiger partial charge is 0.282 e. The first-order valence-corrected chi connectivity index (χ1v) is 13.4. The van der Waals surface area contributed by atoms with E-state index in [1.807, 2.05) is 6.92 Å². The van der Waals surface area contributed by atoms with Crippen LogP contribution in [0.4, 0.5) is 13.2 Å². The average Bonchev–Trinajstić information content (AvgIpc) is 3.69. The molecule has 0 radical (unpaired) electrons. The molecule has 1 aromatic carbocycles. The quantitative estimate of drug-likeness (QED) is 0.464. The number of hydrogen-bond donors (Lipinski definition) is 2. The minimum absolute atomic E-state index is 0.0414. The van der Waals surface area contributed by atoms with E-state index in [4.69, 9.17) is 15.0 Å². The summed E-state index contributed by atoms with van der Waals surface area (Å²) in [6, 6.07) is 3.29. The Balaban J connectivity index is 1.37. The van der Waals surface area contributed by atoms with Crippen LogP contribution in [0.1, 0.15) is 77.6 Å². The number of fused-ring (bicyclic) bond motifs is 1. The lowest BCUT2D eigenvalue weighted by molar-refractivity contribution is -0.169. The zero-order valence-electron chi connectivity index (χ0n) is 21.5. The standard InChI is InChI=1S/C27H30F3N5O4/c1-2-17-20(24(31)36)23(39-34-17)19(13-5-3-4-6-13)25-32-18-8-7-14(21(28)22(18)33-25)15-9-38-10-16(15)26(37)35-11-27(29,30)12-35/h7-8,13,15-16,19H,2-6,9-12H2,1H3,(H2,31,36)(H,32,33)/t15?,16?,19-/m1/s1. The summed E-state index contributed by atoms with van der Waals surface area (Å²) >= 11 is 0. The Kier molecular flexibility index (Phi) is 6.40. The van der Waals surface area contributed by atoms with Crippen LogP contribution in [-0.2, 0) is 16.0 Å². The van der Waals surface area contributed by atoms with Gasteiger partial charge < -0.3 is 24.9 Å². The molecule has 2 aromatic heterocycles. The van der Waals surface area contributed by atoms with Gasteiger partial charge in [0, 0.05) is 5.92 Å². The van der Waals surface area contributed by atoms with Gasteiger partial charge in [-0.2, -0.15) is 0 Å². The Morgan fingerprint density at radius 2 is 1.97 bits per heavy atom. The van der Waals surface area contributed by atoms with Crippen LogP contribution >= 0.6 is 0 Å². The molecule has 3 fully saturated rings. The molecule has 6 rings (SSSR count). The number of aromatic amines is 1. The molecule has 4 heterocycles. The number of aromatic nitrogens is 3. The van der Waals surface area contributed by atoms with Crippen molar-refractivity contribution in [3.05, 3.63) is 46.4 Å². The molecule has 208 valence electrons. The molecule has 3 N–H and O–H groups in total. The largest absolute Gasteiger partial charge is 0.380 e. The average molecular weight is 546 g/mol. The molecule has 12 heteroatoms. The highest BCUT2D eigenvalue weighted by Gasteiger charge is 2.50. The van der Waals surface area contributed by atoms with E-state index in [0.29, 0.717) is 29.2 Å². The van der Waals surface area contributed by atoms with Gasteiger partial charge in [0.05, 0.1) is 49.3 Å². The molecule has 2 aliphatic heterocycles. The molecule has 3 atom stereocenters. The predicted octanol–water partition coefficient (Wildman–Crippen LogP) is 3.88. The van der Waals surface area contributed by atoms with Gasteiger partial charge in [-0.3, -0.25) is 9.59 Å². The number of carbonyl (C=O) groups excluding carboxylic acids is 2. The van der Waals surface area contributed by atoms with Crippen LogP contribution in [0, 0.1) is 17.7 Å². The van der Waals surface area contributed by atoms with Gasteiger partial charge in [0.25, 0.3) is 11.8 Å². The Morgan fingerprint density at radius 1 is 1.23 bits per heavy atom. The van der Waals surface area contributed by atoms with Crippen LogP contribution in [0.5, 0.6) is 0 Å². The van der Waals surface area contributed by atoms with Crippen molar-refractivity contribution in [3.63, 3.8) is 0 Å². The number of nitrogens with zero attached hydrogens (tertiary/aromatic N) is 3. The third-order valence-corrected chi connectivity index (χ3v) is 8.41. The molecule has 1 aliphatic carbocycles. The van der Waals surface area contributed by atoms with Crippen molar-refractivity contribution in [1.82, 2.24) is 20.0 Å². The second-order valence-electron chi connectivity index (χ2n) is 10.9. The van der Waals surface area contributed by atoms with E-state index in [9.17, 15) is 18.4 Å². The summed E-state index contributed by atoms with van der Waals surface area (Å²) in [5.74, 6) is -5.51. The van der Waals surface area contributed by atoms with Gasteiger partial charge in [0.2, 0.25) is 5.91 Å². The number of primary amides is 1. The van der Waals surface area contributed by atoms with E-state index < -0.39 is 54.4 Å². The Hall–Kier alpha value is -3.41. The minimum Gasteiger partial charge on any atom is -0.380 e. The van der Waals surface area contributed by atoms with E-state index in [-0.39, 0.29) is 35.8 Å². The molecule has 2 unspecified atom stereocenters. The summed E-state index contributed by atoms with van der Waals surface area (Å²) < 4.78 is 53.9. The maximum Gasteiger partial charge on any atom is 0.282 e. The Labute approximate surface area is 222 Å². The zero-order valence-corrected chi connectivity index (χ0v) is 21.5. The van der Waals surface area contributed by atoms with E-state index in [2.05, 4.69) is 15.1 Å². The number of hydrogen-bond acceptors (Lipinski definition) is 6. The number of ether oxygens (including phenoxy) is 1. The van der Waals surface area contributed by atoms with Crippen molar-refractivity contribution in [2.75, 3.05) is 26.3 Å². The lowest BCUT2D eigenvalue weighted by atomic mass is 9.85. The first-order chi connectivity index (χ1) is 18.7. The van der Waals surface area contributed by atoms with Crippen molar-refractivity contribution >= 4 is 22.8 Å². The fourth-order valence-electron chi connectivity index (χ4n) is 6.42. The van der Waals surface area contributed by atoms with Crippen LogP contribution in [0.3, 0.4) is 0 Å². The summed E-state index contributed by atoms with van der Waals surface area (Å²) in [6.45, 7) is 0.743. The number of likely N-dealkylation sites (tertiary alicyclic amines) is 1. The fraction of sp³-hybridized carbons (Fsp3) is 0.556. The lowest BCUT2D eigenvalue weighted by Crippen LogP contribution is -2.60. The molecule has 9 nitrogen and oxygen atoms in total. The van der Waals surface area contributed by atoms with Gasteiger partial charge in [-0.15, -0.1) is 0 Å². The van der Waals surface area contributed by atoms with E-state index >= 15 is 4.39 Å². The van der Waals surface area contributed by atoms with Gasteiger partial charge in [-0.25, -0.2) is 18.2 Å². The zero-order chi connectivity index (χ0) is 27.5. The number of benzene rings is 1. The Morgan fingerprint density at radius 3 is 2.64 bits per heavy atom. The number of halogens is 3. The van der Waals surface area contributed by atoms with Crippen molar-refractivity contribution in [2.45, 2.75) is 56.8 Å². The molecule has 1 saturated carbocycles. The second kappa shape index (κ2) is 9.65. The number of H-pyrrole nitrogens is 1. The van der Waals surface area contributed by atoms with E-state index in [1.165, 1.54) is 0 Å². The number of nitrogens with two attached hydrogens (primary N) is 1. The number of rotatable bonds is 7. The number of nitrogens with one attached hydrogen (secondary N) is 1. The van der Waals surface area contributed by atoms with Crippen molar-refractivity contribution in [2.24, 2.45) is 17.6 Å². The van der Waals surface area contributed by atoms with Crippen LogP contribution in [0.15, 0.2) is 16.7 Å². The molecular weight excluding hydrogens is 515 g/mol. The van der Waals surface area contributed by atoms with Gasteiger partial charge >= 0.3 is 0 Å². The monoisotopic (exact) mass is 545 g/mol. The van der Waals surface area contributed by atoms with Gasteiger partial charge in [-0.05, 0) is 36.8 Å². The molecule has 0 bridgehead atoms. The van der Waals surface area contributed by atoms with E-state index in [1.54, 1.807) is 12.1 Å². The lowest BCUT2D eigenvalue weighted by Gasteiger charge is -2.40. The third kappa shape index (κ3) is 4.38. The summed E-state index contributed by atoms with van der Waals surface area (Å²) in [5, 5.41) is 4.08. The van der Waals surface area contributed by atoms with Crippen LogP contribution < -0.4 is 5.73 Å². The van der Waals surface area contributed by atoms with Crippen LogP contribution in [0.2, 0.25) is 0 Å². The Bertz CT molecular complexity index is 1420. The molecule has 0 spiro atoms. The number of amides is 2. The molecular formula is C27H30F3N5O4. The highest BCUT2D eigenvalue weighted by molar-refractivity contribution is 5.95. The molecule has 3 aromatic rings. The summed E-state index contributed by atoms with van der Waals surface area (Å²) in [6.07, 6.45) is 4.26. The minimum atomic E-state index is -2.88. The summed E-state index contributed by atoms with van der Waals surface area (Å²) in [5.41, 5.74) is 7.24. The molecule has 3 aliphatic rings. The number of alkyl halides is 2. The van der Waals surface area contributed by atoms with Crippen molar-refractivity contribution in [1.29, 1.82) is 0 Å². The first-order valence-electron chi connectivity index (χ1n) is 13.4. The normalized spacial score (nSPS) is 23.8. The third-order valence-electron chi connectivity index (χ3n) is 8.41. The van der Waals surface area contributed by atoms with Gasteiger partial charge in [0.1, 0.15) is 16.9 Å². The molecule has 2 amide bonds. The SMILES string of the molecule is CCc1noc([C@H](c2nc3c(F)c(C4COCC4C(=O)N4CC(F)(F)C4)ccc3[nH]2)C2CCCC2)c1C(N)=O. The summed E-state index contributed by atoms with van der Waals surface area (Å²) in [7, 11) is 0. The van der Waals surface area contributed by atoms with Crippen molar-refractivity contribution < 1.29 is 32.0 Å². The summed E-state index contributed by atoms with van der Waals surface area (Å²) in [4.78, 5) is 34.2. The molecule has 2 saturated heterocycles. The maximum atomic E-state index is 16.0. The highest BCUT2D eigenvalue weighted by Crippen LogP contribution is 2.44. The number of aryl methyl sites for hydroxylation is 1. The van der Waals surface area contributed by atoms with E-state index in [0.717, 1.165) is 30.6 Å². The van der Waals surface area contributed by atoms with Crippen LogP contribution in [-0.4, -0.2) is 64.1 Å². The highest BCUT2D eigenvalue weighted by atomic mass is 19.3. The predicted molar refractivity (Wildman–Crippen MR) is 133 cm³/mol. The molecule has 39 heavy (non-hydrogen) atoms. The van der Waals surface area contributed by atoms with Gasteiger partial charge in [-0.1, -0.05) is 31.0 Å². The number of carbonyl (C=O) groups is 2. The topological polar surface area (TPSA) is 127 Å². The maximum absolute atomic E-state index is 16.0. The van der Waals surface area contributed by atoms with Crippen LogP contribution in [0.25, 0.3) is 11.0 Å². The number of imidazole rings is 1.